The molecule has 16 heavy (non-hydrogen) atoms. The maximum atomic E-state index is 11.2. The van der Waals surface area contributed by atoms with Crippen molar-refractivity contribution in [3.63, 3.8) is 0 Å². The van der Waals surface area contributed by atoms with Gasteiger partial charge in [0.2, 0.25) is 0 Å². The Labute approximate surface area is 96.5 Å². The number of hydrogen-bond donors (Lipinski definition) is 1. The van der Waals surface area contributed by atoms with Gasteiger partial charge in [-0.15, -0.1) is 0 Å². The van der Waals surface area contributed by atoms with E-state index in [4.69, 9.17) is 0 Å². The molecule has 0 aliphatic heterocycles. The molecule has 0 bridgehead atoms. The van der Waals surface area contributed by atoms with Gasteiger partial charge in [-0.25, -0.2) is 4.79 Å². The lowest BCUT2D eigenvalue weighted by atomic mass is 9.94. The van der Waals surface area contributed by atoms with Crippen LogP contribution < -0.4 is 5.32 Å². The molecule has 0 aliphatic carbocycles. The number of nitrogens with one attached hydrogen (secondary N) is 1. The SMILES string of the molecule is COC(=O)CC(CNC(=O)OC)CC(C)C. The van der Waals surface area contributed by atoms with Crippen molar-refractivity contribution >= 4 is 12.1 Å². The van der Waals surface area contributed by atoms with Gasteiger partial charge in [0.15, 0.2) is 0 Å². The highest BCUT2D eigenvalue weighted by atomic mass is 16.5. The van der Waals surface area contributed by atoms with Gasteiger partial charge in [-0.1, -0.05) is 13.8 Å². The van der Waals surface area contributed by atoms with Crippen molar-refractivity contribution < 1.29 is 19.1 Å². The smallest absolute Gasteiger partial charge is 0.406 e. The molecule has 0 aliphatic rings. The van der Waals surface area contributed by atoms with E-state index >= 15 is 0 Å². The van der Waals surface area contributed by atoms with Crippen molar-refractivity contribution in [2.75, 3.05) is 20.8 Å². The molecule has 0 heterocycles. The summed E-state index contributed by atoms with van der Waals surface area (Å²) in [6.07, 6.45) is 0.705. The highest BCUT2D eigenvalue weighted by molar-refractivity contribution is 5.70. The molecule has 0 radical (unpaired) electrons. The van der Waals surface area contributed by atoms with Crippen LogP contribution in [-0.2, 0) is 14.3 Å². The Bertz CT molecular complexity index is 228. The summed E-state index contributed by atoms with van der Waals surface area (Å²) in [6.45, 7) is 4.57. The normalized spacial score (nSPS) is 12.1. The van der Waals surface area contributed by atoms with Gasteiger partial charge in [0.25, 0.3) is 0 Å². The van der Waals surface area contributed by atoms with Crippen LogP contribution in [0.3, 0.4) is 0 Å². The quantitative estimate of drug-likeness (QED) is 0.705. The number of rotatable bonds is 6. The fourth-order valence-electron chi connectivity index (χ4n) is 1.52. The molecule has 1 amide bonds. The lowest BCUT2D eigenvalue weighted by molar-refractivity contribution is -0.141. The highest BCUT2D eigenvalue weighted by Crippen LogP contribution is 2.15. The summed E-state index contributed by atoms with van der Waals surface area (Å²) in [5, 5.41) is 2.60. The van der Waals surface area contributed by atoms with E-state index in [1.807, 2.05) is 0 Å². The van der Waals surface area contributed by atoms with Crippen LogP contribution in [0.15, 0.2) is 0 Å². The Morgan fingerprint density at radius 1 is 1.19 bits per heavy atom. The van der Waals surface area contributed by atoms with Crippen molar-refractivity contribution in [1.82, 2.24) is 5.32 Å². The van der Waals surface area contributed by atoms with Crippen LogP contribution in [0.1, 0.15) is 26.7 Å². The molecule has 5 nitrogen and oxygen atoms in total. The summed E-state index contributed by atoms with van der Waals surface area (Å²) >= 11 is 0. The molecule has 1 atom stereocenters. The molecule has 1 N–H and O–H groups in total. The molecule has 0 spiro atoms. The summed E-state index contributed by atoms with van der Waals surface area (Å²) < 4.78 is 9.08. The first-order valence-electron chi connectivity index (χ1n) is 5.38. The molecule has 0 aromatic carbocycles. The Balaban J connectivity index is 4.09. The molecule has 1 unspecified atom stereocenters. The van der Waals surface area contributed by atoms with Gasteiger partial charge in [-0.05, 0) is 18.3 Å². The maximum absolute atomic E-state index is 11.2. The molecule has 0 rings (SSSR count). The third-order valence-corrected chi connectivity index (χ3v) is 2.21. The second-order valence-electron chi connectivity index (χ2n) is 4.15. The Kier molecular flexibility index (Phi) is 7.33. The van der Waals surface area contributed by atoms with E-state index in [1.165, 1.54) is 14.2 Å². The van der Waals surface area contributed by atoms with E-state index in [9.17, 15) is 9.59 Å². The Hall–Kier alpha value is -1.26. The van der Waals surface area contributed by atoms with Gasteiger partial charge in [-0.3, -0.25) is 4.79 Å². The fourth-order valence-corrected chi connectivity index (χ4v) is 1.52. The number of hydrogen-bond acceptors (Lipinski definition) is 4. The van der Waals surface area contributed by atoms with Crippen LogP contribution >= 0.6 is 0 Å². The van der Waals surface area contributed by atoms with Crippen molar-refractivity contribution in [3.8, 4) is 0 Å². The molecular formula is C11H21NO4. The van der Waals surface area contributed by atoms with Crippen LogP contribution in [0.5, 0.6) is 0 Å². The number of methoxy groups -OCH3 is 2. The van der Waals surface area contributed by atoms with Crippen molar-refractivity contribution in [2.45, 2.75) is 26.7 Å². The van der Waals surface area contributed by atoms with E-state index < -0.39 is 6.09 Å². The third-order valence-electron chi connectivity index (χ3n) is 2.21. The van der Waals surface area contributed by atoms with E-state index in [0.29, 0.717) is 18.9 Å². The predicted molar refractivity (Wildman–Crippen MR) is 60.0 cm³/mol. The van der Waals surface area contributed by atoms with E-state index in [0.717, 1.165) is 6.42 Å². The lowest BCUT2D eigenvalue weighted by Gasteiger charge is -2.17. The summed E-state index contributed by atoms with van der Waals surface area (Å²) in [7, 11) is 2.68. The maximum Gasteiger partial charge on any atom is 0.406 e. The van der Waals surface area contributed by atoms with Crippen LogP contribution in [0, 0.1) is 11.8 Å². The van der Waals surface area contributed by atoms with Crippen LogP contribution in [-0.4, -0.2) is 32.8 Å². The zero-order valence-electron chi connectivity index (χ0n) is 10.4. The van der Waals surface area contributed by atoms with Crippen LogP contribution in [0.2, 0.25) is 0 Å². The van der Waals surface area contributed by atoms with Gasteiger partial charge >= 0.3 is 12.1 Å². The highest BCUT2D eigenvalue weighted by Gasteiger charge is 2.16. The first-order valence-corrected chi connectivity index (χ1v) is 5.38. The van der Waals surface area contributed by atoms with Gasteiger partial charge in [0.05, 0.1) is 20.6 Å². The average molecular weight is 231 g/mol. The number of ether oxygens (including phenoxy) is 2. The van der Waals surface area contributed by atoms with Crippen LogP contribution in [0.25, 0.3) is 0 Å². The largest absolute Gasteiger partial charge is 0.469 e. The Morgan fingerprint density at radius 3 is 2.25 bits per heavy atom. The van der Waals surface area contributed by atoms with Crippen LogP contribution in [0.4, 0.5) is 4.79 Å². The van der Waals surface area contributed by atoms with E-state index in [2.05, 4.69) is 28.6 Å². The molecule has 0 fully saturated rings. The first-order chi connectivity index (χ1) is 7.49. The summed E-state index contributed by atoms with van der Waals surface area (Å²) in [5.74, 6) is 0.304. The average Bonchev–Trinajstić information content (AvgIpc) is 2.24. The molecule has 0 aromatic rings. The summed E-state index contributed by atoms with van der Waals surface area (Å²) in [5.41, 5.74) is 0. The monoisotopic (exact) mass is 231 g/mol. The topological polar surface area (TPSA) is 64.6 Å². The molecule has 0 saturated heterocycles. The second-order valence-corrected chi connectivity index (χ2v) is 4.15. The van der Waals surface area contributed by atoms with Gasteiger partial charge in [0, 0.05) is 6.54 Å². The number of esters is 1. The predicted octanol–water partition coefficient (Wildman–Crippen LogP) is 1.57. The second kappa shape index (κ2) is 7.96. The van der Waals surface area contributed by atoms with Gasteiger partial charge < -0.3 is 14.8 Å². The third kappa shape index (κ3) is 7.09. The zero-order chi connectivity index (χ0) is 12.6. The minimum Gasteiger partial charge on any atom is -0.469 e. The fraction of sp³-hybridized carbons (Fsp3) is 0.818. The minimum atomic E-state index is -0.473. The number of carbonyl (C=O) groups excluding carboxylic acids is 2. The Morgan fingerprint density at radius 2 is 1.81 bits per heavy atom. The van der Waals surface area contributed by atoms with Gasteiger partial charge in [0.1, 0.15) is 0 Å². The zero-order valence-corrected chi connectivity index (χ0v) is 10.4. The van der Waals surface area contributed by atoms with Gasteiger partial charge in [-0.2, -0.15) is 0 Å². The number of amides is 1. The minimum absolute atomic E-state index is 0.0894. The molecular weight excluding hydrogens is 210 g/mol. The number of alkyl carbamates (subject to hydrolysis) is 1. The molecule has 94 valence electrons. The summed E-state index contributed by atoms with van der Waals surface area (Å²) in [6, 6.07) is 0. The van der Waals surface area contributed by atoms with Crippen molar-refractivity contribution in [3.05, 3.63) is 0 Å². The number of carbonyl (C=O) groups is 2. The van der Waals surface area contributed by atoms with E-state index in [1.54, 1.807) is 0 Å². The molecule has 0 saturated carbocycles. The molecule has 5 heteroatoms. The molecule has 0 aromatic heterocycles. The first kappa shape index (κ1) is 14.7. The van der Waals surface area contributed by atoms with Crippen molar-refractivity contribution in [1.29, 1.82) is 0 Å². The lowest BCUT2D eigenvalue weighted by Crippen LogP contribution is -2.31. The standard InChI is InChI=1S/C11H21NO4/c1-8(2)5-9(6-10(13)15-3)7-12-11(14)16-4/h8-9H,5-7H2,1-4H3,(H,12,14). The van der Waals surface area contributed by atoms with E-state index in [-0.39, 0.29) is 11.9 Å². The van der Waals surface area contributed by atoms with Crippen molar-refractivity contribution in [2.24, 2.45) is 11.8 Å². The summed E-state index contributed by atoms with van der Waals surface area (Å²) in [4.78, 5) is 22.1.